The van der Waals surface area contributed by atoms with Gasteiger partial charge in [-0.05, 0) is 279 Å². The average molecular weight is 2230 g/mol. The molecule has 0 unspecified atom stereocenters. The summed E-state index contributed by atoms with van der Waals surface area (Å²) < 4.78 is 19.8. The van der Waals surface area contributed by atoms with E-state index in [0.29, 0.717) is 41.4 Å². The average Bonchev–Trinajstić information content (AvgIpc) is 1.59. The Morgan fingerprint density at radius 2 is 0.504 bits per heavy atom. The number of methoxy groups -OCH3 is 1. The van der Waals surface area contributed by atoms with Crippen molar-refractivity contribution in [2.75, 3.05) is 7.11 Å². The number of ether oxygens (including phenoxy) is 1. The summed E-state index contributed by atoms with van der Waals surface area (Å²) in [5.74, 6) is 4.69. The summed E-state index contributed by atoms with van der Waals surface area (Å²) in [5, 5.41) is 0. The van der Waals surface area contributed by atoms with Crippen LogP contribution < -0.4 is 4.74 Å². The van der Waals surface area contributed by atoms with Gasteiger partial charge in [0.15, 0.2) is 30.4 Å². The predicted molar refractivity (Wildman–Crippen MR) is 597 cm³/mol. The zero-order valence-electron chi connectivity index (χ0n) is 89.5. The fourth-order valence-corrected chi connectivity index (χ4v) is 16.9. The second-order valence-corrected chi connectivity index (χ2v) is 46.7. The minimum atomic E-state index is -0.346. The van der Waals surface area contributed by atoms with Crippen LogP contribution in [0.4, 0.5) is 0 Å². The summed E-state index contributed by atoms with van der Waals surface area (Å²) in [6, 6.07) is 79.7. The molecule has 0 N–H and O–H groups in total. The van der Waals surface area contributed by atoms with Gasteiger partial charge >= 0.3 is 104 Å². The molecule has 14 aromatic rings. The Bertz CT molecular complexity index is 5670. The number of aryl methyl sites for hydroxylation is 13. The summed E-state index contributed by atoms with van der Waals surface area (Å²) in [5.41, 5.74) is 45.7. The number of nitrogens with zero attached hydrogens (tertiary/aromatic N) is 6. The van der Waals surface area contributed by atoms with Crippen molar-refractivity contribution in [3.05, 3.63) is 399 Å². The third-order valence-electron chi connectivity index (χ3n) is 24.7. The molecular weight excluding hydrogens is 2070 g/mol. The van der Waals surface area contributed by atoms with Crippen LogP contribution >= 0.6 is 58.1 Å². The standard InChI is InChI=1S/C36H39N2O.C29H41N2.C23H29N2.3C10H14.3CH3.6ClH.3Ru/c1-24-10-14-28(15-11-24)34-35(29-16-19-31(39-8)20-17-29)37(32-21-25(2)9-12-26(32)3)23-38(34)33-22-30(36(5,6)7)18-13-27(33)4;1-18(2)24-13-11-14-25(19(3)4)28(24)30-17-31(23(10)22(30)9)29-26(20(5)6)15-12-16-27(29)21(7)8;1-14-9-16(3)22(17(4)10-14)24-13-25(21(8)20(24)7)23-18(5)11-15(2)12-19(23)6;3*1-8(2)10-6-4-9(3)5-7-10;;;;;;;;;;;;/h9-23H,1-8H3;11-21H,1-10H3;9-13H,1-8H3;3*4-8H,1-3H3;3*1H3;6*1H;;;/q3*+1;;;;3*-1;;;;;;;3*+2/p-6. The van der Waals surface area contributed by atoms with E-state index >= 15 is 0 Å². The molecule has 0 atom stereocenters. The first kappa shape index (κ1) is 124. The van der Waals surface area contributed by atoms with Gasteiger partial charge in [-0.25, -0.2) is 18.3 Å². The van der Waals surface area contributed by atoms with Gasteiger partial charge in [0.05, 0.1) is 7.11 Å². The van der Waals surface area contributed by atoms with Gasteiger partial charge in [0.1, 0.15) is 62.6 Å². The molecule has 0 aliphatic heterocycles. The normalized spacial score (nSPS) is 10.8. The Kier molecular flexibility index (Phi) is 53.0. The Labute approximate surface area is 878 Å². The first-order chi connectivity index (χ1) is 63.2. The molecular formula is C121H160Cl6N6ORu3. The number of hydrogen-bond donors (Lipinski definition) is 0. The number of halogens is 6. The Morgan fingerprint density at radius 1 is 0.263 bits per heavy atom. The van der Waals surface area contributed by atoms with Crippen LogP contribution in [0, 0.1) is 140 Å². The molecule has 3 heterocycles. The quantitative estimate of drug-likeness (QED) is 0.0702. The van der Waals surface area contributed by atoms with Crippen LogP contribution in [0.1, 0.15) is 299 Å². The SMILES string of the molecule is COc1ccc(-c2c(-c3ccc(C)cc3)n(-c3cc(C(C)(C)C)ccc3C)[cH+]n2-c2cc(C)ccc2C)cc1.Cc1c(C)n(-c2c(C(C)C)cccc2C(C)C)[cH+]n1-c1c(C(C)C)cccc1C(C)C.Cc1cc(C)c(-n2[cH+]n(-c3c(C)cc(C)cc3C)c(C)c2C)c(C)c1.Cc1ccc(C(C)C)cc1.Cc1ccc(C(C)C)cc1.Cc1ccc(C(C)C)cc1.[CH3-].[CH3-].[CH3-].[Cl][Ru][Cl].[Cl][Ru][Cl].[Cl][Ru][Cl]. The number of benzene rings is 11. The van der Waals surface area contributed by atoms with Crippen LogP contribution in [-0.4, -0.2) is 34.5 Å². The van der Waals surface area contributed by atoms with Crippen molar-refractivity contribution in [3.63, 3.8) is 0 Å². The fraction of sp³-hybridized carbons (Fsp3) is 0.355. The van der Waals surface area contributed by atoms with Crippen LogP contribution in [-0.2, 0) is 50.9 Å². The molecule has 0 radical (unpaired) electrons. The van der Waals surface area contributed by atoms with Crippen molar-refractivity contribution < 1.29 is 50.2 Å². The van der Waals surface area contributed by atoms with Crippen LogP contribution in [0.2, 0.25) is 0 Å². The number of para-hydroxylation sites is 2. The molecule has 0 fully saturated rings. The van der Waals surface area contributed by atoms with Crippen LogP contribution in [0.15, 0.2) is 237 Å². The number of hydrogen-bond acceptors (Lipinski definition) is 1. The van der Waals surface area contributed by atoms with E-state index in [1.807, 2.05) is 12.1 Å². The van der Waals surface area contributed by atoms with E-state index in [4.69, 9.17) is 62.9 Å². The molecule has 137 heavy (non-hydrogen) atoms. The van der Waals surface area contributed by atoms with E-state index in [9.17, 15) is 0 Å². The molecule has 0 saturated heterocycles. The van der Waals surface area contributed by atoms with Gasteiger partial charge in [-0.3, -0.25) is 0 Å². The molecule has 0 aliphatic rings. The summed E-state index contributed by atoms with van der Waals surface area (Å²) in [6.45, 7) is 75.6. The predicted octanol–water partition coefficient (Wildman–Crippen LogP) is 38.9. The van der Waals surface area contributed by atoms with E-state index in [1.165, 1.54) is 179 Å². The van der Waals surface area contributed by atoms with Crippen molar-refractivity contribution >= 4 is 58.1 Å². The molecule has 746 valence electrons. The Hall–Kier alpha value is -7.54. The molecule has 14 rings (SSSR count). The van der Waals surface area contributed by atoms with Crippen molar-refractivity contribution in [2.24, 2.45) is 0 Å². The van der Waals surface area contributed by atoms with Gasteiger partial charge in [0.25, 0.3) is 0 Å². The van der Waals surface area contributed by atoms with Gasteiger partial charge in [-0.2, -0.15) is 9.13 Å². The molecule has 0 saturated carbocycles. The fourth-order valence-electron chi connectivity index (χ4n) is 16.9. The van der Waals surface area contributed by atoms with Crippen LogP contribution in [0.3, 0.4) is 0 Å². The molecule has 0 aliphatic carbocycles. The Balaban J connectivity index is 0.000000442. The van der Waals surface area contributed by atoms with E-state index in [0.717, 1.165) is 22.7 Å². The van der Waals surface area contributed by atoms with Crippen molar-refractivity contribution in [1.82, 2.24) is 27.4 Å². The summed E-state index contributed by atoms with van der Waals surface area (Å²) >= 11 is -1.04. The van der Waals surface area contributed by atoms with E-state index in [-0.39, 0.29) is 73.1 Å². The van der Waals surface area contributed by atoms with Crippen molar-refractivity contribution in [3.8, 4) is 62.4 Å². The third kappa shape index (κ3) is 34.4. The van der Waals surface area contributed by atoms with Crippen molar-refractivity contribution in [1.29, 1.82) is 0 Å². The maximum atomic E-state index is 5.51. The number of rotatable bonds is 16. The van der Waals surface area contributed by atoms with Gasteiger partial charge in [-0.15, -0.1) is 0 Å². The number of aromatic nitrogens is 6. The molecule has 11 aromatic carbocycles. The van der Waals surface area contributed by atoms with E-state index < -0.39 is 0 Å². The second kappa shape index (κ2) is 58.8. The third-order valence-corrected chi connectivity index (χ3v) is 24.7. The zero-order valence-corrected chi connectivity index (χ0v) is 99.2. The van der Waals surface area contributed by atoms with Crippen molar-refractivity contribution in [2.45, 2.75) is 282 Å². The topological polar surface area (TPSA) is 38.8 Å². The van der Waals surface area contributed by atoms with Gasteiger partial charge < -0.3 is 27.0 Å². The summed E-state index contributed by atoms with van der Waals surface area (Å²) in [7, 11) is 30.8. The molecule has 16 heteroatoms. The first-order valence-corrected chi connectivity index (χ1v) is 60.1. The Morgan fingerprint density at radius 3 is 0.766 bits per heavy atom. The number of imidazole rings is 3. The molecule has 0 spiro atoms. The molecule has 7 nitrogen and oxygen atoms in total. The van der Waals surface area contributed by atoms with Gasteiger partial charge in [0, 0.05) is 101 Å². The molecule has 0 bridgehead atoms. The monoisotopic (exact) mass is 2230 g/mol. The minimum absolute atomic E-state index is 0. The zero-order chi connectivity index (χ0) is 100. The van der Waals surface area contributed by atoms with Crippen LogP contribution in [0.25, 0.3) is 56.6 Å². The second-order valence-electron chi connectivity index (χ2n) is 38.8. The first-order valence-electron chi connectivity index (χ1n) is 46.6. The van der Waals surface area contributed by atoms with E-state index in [1.54, 1.807) is 7.11 Å². The summed E-state index contributed by atoms with van der Waals surface area (Å²) in [6.07, 6.45) is 6.86. The van der Waals surface area contributed by atoms with Crippen LogP contribution in [0.5, 0.6) is 5.75 Å². The van der Waals surface area contributed by atoms with Gasteiger partial charge in [-0.1, -0.05) is 249 Å². The summed E-state index contributed by atoms with van der Waals surface area (Å²) in [4.78, 5) is 0. The molecule has 0 amide bonds. The van der Waals surface area contributed by atoms with E-state index in [2.05, 4.69) is 488 Å². The maximum absolute atomic E-state index is 5.51. The molecule has 3 aromatic heterocycles. The van der Waals surface area contributed by atoms with Gasteiger partial charge in [0.2, 0.25) is 0 Å².